The fourth-order valence-corrected chi connectivity index (χ4v) is 3.36. The molecule has 1 aliphatic carbocycles. The van der Waals surface area contributed by atoms with Gasteiger partial charge >= 0.3 is 0 Å². The van der Waals surface area contributed by atoms with Crippen LogP contribution in [-0.4, -0.2) is 16.2 Å². The summed E-state index contributed by atoms with van der Waals surface area (Å²) in [6, 6.07) is 5.99. The Bertz CT molecular complexity index is 803. The largest absolute Gasteiger partial charge is 0.339 e. The minimum atomic E-state index is -0.249. The fraction of sp³-hybridized carbons (Fsp3) is 0.421. The summed E-state index contributed by atoms with van der Waals surface area (Å²) in [7, 11) is 0. The van der Waals surface area contributed by atoms with Crippen molar-refractivity contribution in [2.75, 3.05) is 5.32 Å². The molecule has 1 aromatic carbocycles. The highest BCUT2D eigenvalue weighted by Crippen LogP contribution is 2.28. The number of hydrogen-bond acceptors (Lipinski definition) is 4. The van der Waals surface area contributed by atoms with Gasteiger partial charge in [0.15, 0.2) is 0 Å². The summed E-state index contributed by atoms with van der Waals surface area (Å²) in [6.45, 7) is 4.09. The van der Waals surface area contributed by atoms with Crippen molar-refractivity contribution in [2.45, 2.75) is 46.0 Å². The molecule has 2 aromatic rings. The van der Waals surface area contributed by atoms with Crippen LogP contribution in [0.25, 0.3) is 0 Å². The van der Waals surface area contributed by atoms with Crippen LogP contribution in [0.3, 0.4) is 0 Å². The molecule has 0 radical (unpaired) electrons. The third-order valence-corrected chi connectivity index (χ3v) is 4.96. The predicted molar refractivity (Wildman–Crippen MR) is 97.6 cm³/mol. The van der Waals surface area contributed by atoms with Crippen LogP contribution < -0.4 is 10.9 Å². The Labute approximate surface area is 142 Å². The fourth-order valence-electron chi connectivity index (χ4n) is 3.36. The highest BCUT2D eigenvalue weighted by atomic mass is 16.1. The maximum atomic E-state index is 12.3. The zero-order valence-corrected chi connectivity index (χ0v) is 14.3. The standard InChI is InChI=1S/C19H24N4O/c1-12-6-5-9-16(13(12)2)21-18-15(11-20)19(24)23-17(22-18)10-14-7-3-4-8-14/h5-6,9,11,14,20H,3-4,7-8,10H2,1-2H3,(H2,21,22,23,24). The predicted octanol–water partition coefficient (Wildman–Crippen LogP) is 3.86. The summed E-state index contributed by atoms with van der Waals surface area (Å²) in [5, 5.41) is 10.8. The van der Waals surface area contributed by atoms with E-state index >= 15 is 0 Å². The van der Waals surface area contributed by atoms with Crippen molar-refractivity contribution in [3.8, 4) is 0 Å². The van der Waals surface area contributed by atoms with Crippen molar-refractivity contribution in [1.29, 1.82) is 5.41 Å². The summed E-state index contributed by atoms with van der Waals surface area (Å²) in [5.41, 5.74) is 3.23. The second kappa shape index (κ2) is 6.99. The van der Waals surface area contributed by atoms with Crippen molar-refractivity contribution in [1.82, 2.24) is 9.97 Å². The van der Waals surface area contributed by atoms with Gasteiger partial charge in [0.05, 0.1) is 5.56 Å². The molecule has 1 saturated carbocycles. The summed E-state index contributed by atoms with van der Waals surface area (Å²) < 4.78 is 0. The lowest BCUT2D eigenvalue weighted by Crippen LogP contribution is -2.20. The van der Waals surface area contributed by atoms with Crippen LogP contribution in [0, 0.1) is 25.2 Å². The van der Waals surface area contributed by atoms with E-state index in [1.165, 1.54) is 31.2 Å². The van der Waals surface area contributed by atoms with Crippen LogP contribution in [0.15, 0.2) is 23.0 Å². The van der Waals surface area contributed by atoms with Crippen molar-refractivity contribution in [3.63, 3.8) is 0 Å². The second-order valence-electron chi connectivity index (χ2n) is 6.65. The van der Waals surface area contributed by atoms with E-state index in [0.29, 0.717) is 17.6 Å². The van der Waals surface area contributed by atoms with E-state index in [-0.39, 0.29) is 11.1 Å². The van der Waals surface area contributed by atoms with E-state index in [4.69, 9.17) is 5.41 Å². The first-order valence-electron chi connectivity index (χ1n) is 8.55. The van der Waals surface area contributed by atoms with E-state index in [1.807, 2.05) is 19.1 Å². The first kappa shape index (κ1) is 16.4. The highest BCUT2D eigenvalue weighted by molar-refractivity contribution is 5.85. The van der Waals surface area contributed by atoms with Gasteiger partial charge in [-0.15, -0.1) is 0 Å². The molecule has 1 aromatic heterocycles. The van der Waals surface area contributed by atoms with Crippen molar-refractivity contribution >= 4 is 17.7 Å². The second-order valence-corrected chi connectivity index (χ2v) is 6.65. The molecule has 1 aliphatic rings. The molecule has 0 spiro atoms. The summed E-state index contributed by atoms with van der Waals surface area (Å²) >= 11 is 0. The average Bonchev–Trinajstić information content (AvgIpc) is 3.05. The Kier molecular flexibility index (Phi) is 4.79. The maximum Gasteiger partial charge on any atom is 0.261 e. The van der Waals surface area contributed by atoms with Gasteiger partial charge in [0.2, 0.25) is 0 Å². The highest BCUT2D eigenvalue weighted by Gasteiger charge is 2.18. The van der Waals surface area contributed by atoms with Crippen molar-refractivity contribution in [2.24, 2.45) is 5.92 Å². The quantitative estimate of drug-likeness (QED) is 0.730. The van der Waals surface area contributed by atoms with Gasteiger partial charge in [-0.1, -0.05) is 37.8 Å². The molecule has 0 amide bonds. The first-order chi connectivity index (χ1) is 11.6. The summed E-state index contributed by atoms with van der Waals surface area (Å²) in [4.78, 5) is 19.8. The Morgan fingerprint density at radius 3 is 2.79 bits per heavy atom. The van der Waals surface area contributed by atoms with Crippen LogP contribution in [0.4, 0.5) is 11.5 Å². The molecule has 3 N–H and O–H groups in total. The number of aryl methyl sites for hydroxylation is 1. The molecule has 3 rings (SSSR count). The minimum absolute atomic E-state index is 0.249. The van der Waals surface area contributed by atoms with E-state index in [2.05, 4.69) is 28.3 Å². The van der Waals surface area contributed by atoms with Crippen LogP contribution >= 0.6 is 0 Å². The van der Waals surface area contributed by atoms with Crippen LogP contribution in [0.5, 0.6) is 0 Å². The minimum Gasteiger partial charge on any atom is -0.339 e. The maximum absolute atomic E-state index is 12.3. The Morgan fingerprint density at radius 1 is 1.33 bits per heavy atom. The van der Waals surface area contributed by atoms with Gasteiger partial charge in [0.1, 0.15) is 11.6 Å². The lowest BCUT2D eigenvalue weighted by atomic mass is 10.0. The number of hydrogen-bond donors (Lipinski definition) is 3. The van der Waals surface area contributed by atoms with Crippen molar-refractivity contribution in [3.05, 3.63) is 51.1 Å². The number of anilines is 2. The number of nitrogens with one attached hydrogen (secondary N) is 3. The van der Waals surface area contributed by atoms with Gasteiger partial charge in [-0.2, -0.15) is 0 Å². The topological polar surface area (TPSA) is 81.6 Å². The molecule has 0 atom stereocenters. The molecule has 0 saturated heterocycles. The molecule has 0 bridgehead atoms. The monoisotopic (exact) mass is 324 g/mol. The zero-order valence-electron chi connectivity index (χ0n) is 14.3. The molecule has 0 aliphatic heterocycles. The van der Waals surface area contributed by atoms with E-state index in [0.717, 1.165) is 23.9 Å². The van der Waals surface area contributed by atoms with Gasteiger partial charge < -0.3 is 15.7 Å². The average molecular weight is 324 g/mol. The van der Waals surface area contributed by atoms with Crippen LogP contribution in [0.1, 0.15) is 48.2 Å². The first-order valence-corrected chi connectivity index (χ1v) is 8.55. The molecule has 1 fully saturated rings. The number of aromatic nitrogens is 2. The van der Waals surface area contributed by atoms with Crippen LogP contribution in [0.2, 0.25) is 0 Å². The smallest absolute Gasteiger partial charge is 0.261 e. The molecular weight excluding hydrogens is 300 g/mol. The Balaban J connectivity index is 1.95. The molecule has 5 nitrogen and oxygen atoms in total. The van der Waals surface area contributed by atoms with Crippen LogP contribution in [-0.2, 0) is 6.42 Å². The Morgan fingerprint density at radius 2 is 2.08 bits per heavy atom. The molecule has 0 unspecified atom stereocenters. The number of benzene rings is 1. The van der Waals surface area contributed by atoms with Gasteiger partial charge in [-0.3, -0.25) is 4.79 Å². The lowest BCUT2D eigenvalue weighted by molar-refractivity contribution is 0.529. The van der Waals surface area contributed by atoms with Gasteiger partial charge in [0, 0.05) is 18.3 Å². The Hall–Kier alpha value is -2.43. The van der Waals surface area contributed by atoms with E-state index in [9.17, 15) is 4.79 Å². The third-order valence-electron chi connectivity index (χ3n) is 4.96. The van der Waals surface area contributed by atoms with Crippen molar-refractivity contribution < 1.29 is 0 Å². The SMILES string of the molecule is Cc1cccc(Nc2nc(CC3CCCC3)[nH]c(=O)c2C=N)c1C. The molecule has 1 heterocycles. The molecule has 126 valence electrons. The number of aromatic amines is 1. The van der Waals surface area contributed by atoms with E-state index in [1.54, 1.807) is 0 Å². The van der Waals surface area contributed by atoms with Gasteiger partial charge in [0.25, 0.3) is 5.56 Å². The zero-order chi connectivity index (χ0) is 17.1. The molecule has 5 heteroatoms. The van der Waals surface area contributed by atoms with Gasteiger partial charge in [-0.05, 0) is 37.0 Å². The summed E-state index contributed by atoms with van der Waals surface area (Å²) in [5.74, 6) is 1.79. The number of nitrogens with zero attached hydrogens (tertiary/aromatic N) is 1. The number of H-pyrrole nitrogens is 1. The molecule has 24 heavy (non-hydrogen) atoms. The summed E-state index contributed by atoms with van der Waals surface area (Å²) in [6.07, 6.45) is 6.81. The van der Waals surface area contributed by atoms with E-state index < -0.39 is 0 Å². The third kappa shape index (κ3) is 3.40. The normalized spacial score (nSPS) is 14.8. The molecular formula is C19H24N4O. The van der Waals surface area contributed by atoms with Gasteiger partial charge in [-0.25, -0.2) is 4.98 Å². The lowest BCUT2D eigenvalue weighted by Gasteiger charge is -2.14. The number of rotatable bonds is 5.